The summed E-state index contributed by atoms with van der Waals surface area (Å²) in [6.07, 6.45) is 4.65. The second-order valence-electron chi connectivity index (χ2n) is 7.87. The first-order valence-corrected chi connectivity index (χ1v) is 8.62. The number of ether oxygens (including phenoxy) is 1. The summed E-state index contributed by atoms with van der Waals surface area (Å²) in [6.45, 7) is 8.87. The summed E-state index contributed by atoms with van der Waals surface area (Å²) in [6, 6.07) is 3.82. The highest BCUT2D eigenvalue weighted by Gasteiger charge is 2.26. The van der Waals surface area contributed by atoms with E-state index in [-0.39, 0.29) is 12.4 Å². The van der Waals surface area contributed by atoms with Crippen molar-refractivity contribution in [2.24, 2.45) is 11.3 Å². The van der Waals surface area contributed by atoms with E-state index >= 15 is 0 Å². The van der Waals surface area contributed by atoms with Gasteiger partial charge in [-0.25, -0.2) is 4.98 Å². The summed E-state index contributed by atoms with van der Waals surface area (Å²) in [5, 5.41) is 0. The van der Waals surface area contributed by atoms with Gasteiger partial charge in [-0.1, -0.05) is 20.8 Å². The van der Waals surface area contributed by atoms with E-state index in [0.717, 1.165) is 29.6 Å². The highest BCUT2D eigenvalue weighted by atomic mass is 16.5. The molecule has 1 aliphatic rings. The Balaban J connectivity index is 1.86. The quantitative estimate of drug-likeness (QED) is 0.814. The number of rotatable bonds is 6. The largest absolute Gasteiger partial charge is 0.482 e. The Morgan fingerprint density at radius 1 is 1.42 bits per heavy atom. The minimum absolute atomic E-state index is 0.0718. The molecular weight excluding hydrogens is 302 g/mol. The fourth-order valence-corrected chi connectivity index (χ4v) is 2.85. The van der Waals surface area contributed by atoms with Crippen LogP contribution in [0, 0.1) is 18.3 Å². The molecule has 0 bridgehead atoms. The molecule has 0 saturated heterocycles. The molecule has 1 saturated carbocycles. The number of hydrogen-bond acceptors (Lipinski definition) is 4. The normalized spacial score (nSPS) is 14.9. The van der Waals surface area contributed by atoms with Crippen molar-refractivity contribution in [3.63, 3.8) is 0 Å². The van der Waals surface area contributed by atoms with Crippen LogP contribution < -0.4 is 9.64 Å². The molecule has 0 amide bonds. The molecular formula is C19H27N3O2. The third-order valence-corrected chi connectivity index (χ3v) is 4.54. The number of aryl methyl sites for hydroxylation is 1. The van der Waals surface area contributed by atoms with Gasteiger partial charge < -0.3 is 9.64 Å². The van der Waals surface area contributed by atoms with Crippen LogP contribution in [0.25, 0.3) is 5.65 Å². The lowest BCUT2D eigenvalue weighted by Gasteiger charge is -2.19. The van der Waals surface area contributed by atoms with E-state index in [9.17, 15) is 4.79 Å². The molecule has 0 aliphatic heterocycles. The van der Waals surface area contributed by atoms with E-state index in [1.807, 2.05) is 46.0 Å². The van der Waals surface area contributed by atoms with Crippen molar-refractivity contribution in [3.05, 3.63) is 24.0 Å². The molecule has 0 unspecified atom stereocenters. The molecule has 130 valence electrons. The third-order valence-electron chi connectivity index (χ3n) is 4.54. The first kappa shape index (κ1) is 16.8. The number of anilines is 1. The molecule has 2 aromatic heterocycles. The second kappa shape index (κ2) is 6.11. The van der Waals surface area contributed by atoms with Gasteiger partial charge in [0.05, 0.1) is 5.69 Å². The number of carbonyl (C=O) groups excluding carboxylic acids is 1. The Morgan fingerprint density at radius 3 is 2.75 bits per heavy atom. The van der Waals surface area contributed by atoms with Crippen molar-refractivity contribution < 1.29 is 9.53 Å². The van der Waals surface area contributed by atoms with Crippen molar-refractivity contribution in [2.75, 3.05) is 25.1 Å². The van der Waals surface area contributed by atoms with Crippen LogP contribution in [0.1, 0.15) is 39.3 Å². The molecule has 0 aromatic carbocycles. The molecule has 5 heteroatoms. The fourth-order valence-electron chi connectivity index (χ4n) is 2.85. The van der Waals surface area contributed by atoms with Crippen LogP contribution in [-0.4, -0.2) is 35.4 Å². The van der Waals surface area contributed by atoms with Gasteiger partial charge in [-0.15, -0.1) is 0 Å². The van der Waals surface area contributed by atoms with E-state index in [1.54, 1.807) is 0 Å². The van der Waals surface area contributed by atoms with Crippen molar-refractivity contribution in [1.82, 2.24) is 9.38 Å². The van der Waals surface area contributed by atoms with E-state index in [2.05, 4.69) is 21.3 Å². The molecule has 24 heavy (non-hydrogen) atoms. The molecule has 2 heterocycles. The topological polar surface area (TPSA) is 46.8 Å². The summed E-state index contributed by atoms with van der Waals surface area (Å²) in [5.41, 5.74) is 1.36. The van der Waals surface area contributed by atoms with E-state index < -0.39 is 5.41 Å². The van der Waals surface area contributed by atoms with Crippen LogP contribution in [-0.2, 0) is 4.79 Å². The lowest BCUT2D eigenvalue weighted by molar-refractivity contribution is -0.128. The first-order valence-electron chi connectivity index (χ1n) is 8.62. The zero-order valence-electron chi connectivity index (χ0n) is 15.3. The van der Waals surface area contributed by atoms with Crippen molar-refractivity contribution in [1.29, 1.82) is 0 Å². The maximum atomic E-state index is 12.1. The maximum Gasteiger partial charge on any atom is 0.181 e. The van der Waals surface area contributed by atoms with Crippen LogP contribution >= 0.6 is 0 Å². The summed E-state index contributed by atoms with van der Waals surface area (Å²) < 4.78 is 7.86. The monoisotopic (exact) mass is 329 g/mol. The van der Waals surface area contributed by atoms with Crippen LogP contribution in [0.15, 0.2) is 18.3 Å². The van der Waals surface area contributed by atoms with Gasteiger partial charge in [0, 0.05) is 25.2 Å². The zero-order chi connectivity index (χ0) is 17.5. The molecule has 5 nitrogen and oxygen atoms in total. The third kappa shape index (κ3) is 3.40. The van der Waals surface area contributed by atoms with Crippen LogP contribution in [0.4, 0.5) is 5.82 Å². The number of carbonyl (C=O) groups is 1. The number of ketones is 1. The second-order valence-corrected chi connectivity index (χ2v) is 7.87. The van der Waals surface area contributed by atoms with Gasteiger partial charge in [0.1, 0.15) is 12.4 Å². The fraction of sp³-hybridized carbons (Fsp3) is 0.579. The number of pyridine rings is 1. The molecule has 1 aliphatic carbocycles. The van der Waals surface area contributed by atoms with Gasteiger partial charge in [0.2, 0.25) is 0 Å². The Kier molecular flexibility index (Phi) is 4.28. The summed E-state index contributed by atoms with van der Waals surface area (Å²) >= 11 is 0. The van der Waals surface area contributed by atoms with Crippen LogP contribution in [0.3, 0.4) is 0 Å². The minimum atomic E-state index is -0.397. The molecule has 0 spiro atoms. The maximum absolute atomic E-state index is 12.1. The van der Waals surface area contributed by atoms with E-state index in [0.29, 0.717) is 5.75 Å². The SMILES string of the molecule is Cc1nc2c(OCC(=O)C(C)(C)C)cccn2c1N(C)CC1CC1. The average molecular weight is 329 g/mol. The van der Waals surface area contributed by atoms with Crippen molar-refractivity contribution in [2.45, 2.75) is 40.5 Å². The predicted octanol–water partition coefficient (Wildman–Crippen LogP) is 3.48. The van der Waals surface area contributed by atoms with E-state index in [4.69, 9.17) is 4.74 Å². The molecule has 3 rings (SSSR count). The molecule has 0 atom stereocenters. The van der Waals surface area contributed by atoms with Crippen molar-refractivity contribution >= 4 is 17.2 Å². The lowest BCUT2D eigenvalue weighted by atomic mass is 9.91. The van der Waals surface area contributed by atoms with Crippen LogP contribution in [0.2, 0.25) is 0 Å². The zero-order valence-corrected chi connectivity index (χ0v) is 15.3. The summed E-state index contributed by atoms with van der Waals surface area (Å²) in [4.78, 5) is 19.1. The number of Topliss-reactive ketones (excluding diaryl/α,β-unsaturated/α-hetero) is 1. The number of hydrogen-bond donors (Lipinski definition) is 0. The summed E-state index contributed by atoms with van der Waals surface area (Å²) in [7, 11) is 2.12. The lowest BCUT2D eigenvalue weighted by Crippen LogP contribution is -2.26. The standard InChI is InChI=1S/C19H27N3O2/c1-13-18(21(5)11-14-8-9-14)22-10-6-7-15(17(22)20-13)24-12-16(23)19(2,3)4/h6-7,10,14H,8-9,11-12H2,1-5H3. The van der Waals surface area contributed by atoms with Gasteiger partial charge in [0.25, 0.3) is 0 Å². The van der Waals surface area contributed by atoms with Gasteiger partial charge >= 0.3 is 0 Å². The number of nitrogens with zero attached hydrogens (tertiary/aromatic N) is 3. The van der Waals surface area contributed by atoms with Crippen molar-refractivity contribution in [3.8, 4) is 5.75 Å². The first-order chi connectivity index (χ1) is 11.3. The van der Waals surface area contributed by atoms with Gasteiger partial charge in [-0.3, -0.25) is 9.20 Å². The number of aromatic nitrogens is 2. The molecule has 1 fully saturated rings. The highest BCUT2D eigenvalue weighted by Crippen LogP contribution is 2.33. The number of imidazole rings is 1. The minimum Gasteiger partial charge on any atom is -0.482 e. The predicted molar refractivity (Wildman–Crippen MR) is 95.9 cm³/mol. The average Bonchev–Trinajstić information content (AvgIpc) is 3.23. The Labute approximate surface area is 143 Å². The molecule has 0 N–H and O–H groups in total. The van der Waals surface area contributed by atoms with Gasteiger partial charge in [0.15, 0.2) is 17.2 Å². The van der Waals surface area contributed by atoms with Gasteiger partial charge in [-0.2, -0.15) is 0 Å². The smallest absolute Gasteiger partial charge is 0.181 e. The molecule has 2 aromatic rings. The van der Waals surface area contributed by atoms with Gasteiger partial charge in [-0.05, 0) is 37.8 Å². The highest BCUT2D eigenvalue weighted by molar-refractivity contribution is 5.85. The number of fused-ring (bicyclic) bond motifs is 1. The van der Waals surface area contributed by atoms with E-state index in [1.165, 1.54) is 12.8 Å². The van der Waals surface area contributed by atoms with Crippen LogP contribution in [0.5, 0.6) is 5.75 Å². The Hall–Kier alpha value is -2.04. The Bertz CT molecular complexity index is 754. The Morgan fingerprint density at radius 2 is 2.12 bits per heavy atom. The molecule has 0 radical (unpaired) electrons. The summed E-state index contributed by atoms with van der Waals surface area (Å²) in [5.74, 6) is 2.65.